The van der Waals surface area contributed by atoms with Gasteiger partial charge in [-0.1, -0.05) is 29.8 Å². The van der Waals surface area contributed by atoms with Crippen LogP contribution in [-0.2, 0) is 6.42 Å². The van der Waals surface area contributed by atoms with E-state index in [1.807, 2.05) is 13.8 Å². The van der Waals surface area contributed by atoms with Crippen LogP contribution in [-0.4, -0.2) is 21.5 Å². The van der Waals surface area contributed by atoms with E-state index in [0.717, 1.165) is 5.56 Å². The average molecular weight is 483 g/mol. The summed E-state index contributed by atoms with van der Waals surface area (Å²) in [7, 11) is 0. The third-order valence-corrected chi connectivity index (χ3v) is 6.02. The van der Waals surface area contributed by atoms with Crippen LogP contribution in [0.1, 0.15) is 35.3 Å². The molecule has 0 unspecified atom stereocenters. The first-order valence-electron chi connectivity index (χ1n) is 10.6. The van der Waals surface area contributed by atoms with E-state index in [4.69, 9.17) is 16.3 Å². The molecule has 0 atom stereocenters. The van der Waals surface area contributed by atoms with Crippen LogP contribution < -0.4 is 15.4 Å². The van der Waals surface area contributed by atoms with Gasteiger partial charge in [0.2, 0.25) is 5.95 Å². The Labute approximate surface area is 199 Å². The van der Waals surface area contributed by atoms with Crippen LogP contribution in [0.25, 0.3) is 11.0 Å². The quantitative estimate of drug-likeness (QED) is 0.309. The van der Waals surface area contributed by atoms with Gasteiger partial charge >= 0.3 is 0 Å². The highest BCUT2D eigenvalue weighted by atomic mass is 35.5. The second-order valence-corrected chi connectivity index (χ2v) is 9.27. The molecule has 0 radical (unpaired) electrons. The molecule has 0 saturated carbocycles. The number of rotatable bonds is 4. The number of aryl methyl sites for hydroxylation is 1. The number of amides is 1. The molecule has 6 nitrogen and oxygen atoms in total. The minimum Gasteiger partial charge on any atom is -0.486 e. The molecule has 34 heavy (non-hydrogen) atoms. The van der Waals surface area contributed by atoms with E-state index in [1.165, 1.54) is 18.2 Å². The summed E-state index contributed by atoms with van der Waals surface area (Å²) >= 11 is 6.13. The summed E-state index contributed by atoms with van der Waals surface area (Å²) in [6.07, 6.45) is 0.515. The lowest BCUT2D eigenvalue weighted by atomic mass is 9.98. The number of para-hydroxylation sites is 1. The Hall–Kier alpha value is -3.65. The van der Waals surface area contributed by atoms with E-state index in [1.54, 1.807) is 31.2 Å². The fourth-order valence-electron chi connectivity index (χ4n) is 4.12. The number of H-pyrrole nitrogens is 1. The molecule has 1 aliphatic rings. The van der Waals surface area contributed by atoms with Crippen molar-refractivity contribution in [2.45, 2.75) is 32.8 Å². The molecule has 0 aliphatic carbocycles. The highest BCUT2D eigenvalue weighted by Gasteiger charge is 2.36. The normalized spacial score (nSPS) is 14.1. The number of halogens is 3. The summed E-state index contributed by atoms with van der Waals surface area (Å²) in [5.41, 5.74) is 2.16. The van der Waals surface area contributed by atoms with Crippen molar-refractivity contribution in [3.05, 3.63) is 75.8 Å². The van der Waals surface area contributed by atoms with Crippen LogP contribution in [0.5, 0.6) is 5.75 Å². The van der Waals surface area contributed by atoms with Crippen molar-refractivity contribution < 1.29 is 18.3 Å². The summed E-state index contributed by atoms with van der Waals surface area (Å²) < 4.78 is 34.9. The van der Waals surface area contributed by atoms with Crippen molar-refractivity contribution in [2.24, 2.45) is 0 Å². The van der Waals surface area contributed by atoms with E-state index in [9.17, 15) is 13.6 Å². The topological polar surface area (TPSA) is 79.0 Å². The highest BCUT2D eigenvalue weighted by Crippen LogP contribution is 2.42. The van der Waals surface area contributed by atoms with Crippen molar-refractivity contribution >= 4 is 45.9 Å². The molecule has 174 valence electrons. The zero-order valence-electron chi connectivity index (χ0n) is 18.6. The summed E-state index contributed by atoms with van der Waals surface area (Å²) in [5.74, 6) is -0.876. The van der Waals surface area contributed by atoms with Gasteiger partial charge in [0, 0.05) is 12.0 Å². The first kappa shape index (κ1) is 22.2. The summed E-state index contributed by atoms with van der Waals surface area (Å²) in [4.78, 5) is 20.8. The number of fused-ring (bicyclic) bond motifs is 3. The number of ether oxygens (including phenoxy) is 1. The number of aromatic nitrogens is 2. The van der Waals surface area contributed by atoms with E-state index in [0.29, 0.717) is 28.8 Å². The van der Waals surface area contributed by atoms with Gasteiger partial charge in [0.25, 0.3) is 5.91 Å². The zero-order chi connectivity index (χ0) is 24.2. The maximum atomic E-state index is 14.5. The van der Waals surface area contributed by atoms with Crippen molar-refractivity contribution in [3.63, 3.8) is 0 Å². The van der Waals surface area contributed by atoms with Gasteiger partial charge in [0.05, 0.1) is 33.0 Å². The fourth-order valence-corrected chi connectivity index (χ4v) is 4.33. The largest absolute Gasteiger partial charge is 0.486 e. The van der Waals surface area contributed by atoms with Crippen LogP contribution >= 0.6 is 11.6 Å². The van der Waals surface area contributed by atoms with Crippen LogP contribution in [0.15, 0.2) is 42.5 Å². The molecular weight excluding hydrogens is 462 g/mol. The predicted octanol–water partition coefficient (Wildman–Crippen LogP) is 6.51. The van der Waals surface area contributed by atoms with Gasteiger partial charge in [0.15, 0.2) is 0 Å². The molecule has 3 aromatic carbocycles. The van der Waals surface area contributed by atoms with Gasteiger partial charge in [-0.2, -0.15) is 0 Å². The number of nitrogens with one attached hydrogen (secondary N) is 3. The second kappa shape index (κ2) is 7.99. The molecule has 2 heterocycles. The van der Waals surface area contributed by atoms with Crippen molar-refractivity contribution in [1.29, 1.82) is 0 Å². The molecule has 5 rings (SSSR count). The Bertz CT molecular complexity index is 1450. The molecular formula is C25H21ClF2N4O2. The van der Waals surface area contributed by atoms with Gasteiger partial charge in [-0.25, -0.2) is 13.8 Å². The van der Waals surface area contributed by atoms with Crippen LogP contribution in [0.3, 0.4) is 0 Å². The smallest absolute Gasteiger partial charge is 0.259 e. The SMILES string of the molecule is Cc1cccc(NC(=O)c2cc3nc(Nc4c(F)cccc4Cl)[nH]c3c3c2OC(C)(C)C3)c1F. The highest BCUT2D eigenvalue weighted by molar-refractivity contribution is 6.33. The van der Waals surface area contributed by atoms with Crippen LogP contribution in [0.4, 0.5) is 26.1 Å². The third kappa shape index (κ3) is 3.84. The fraction of sp³-hybridized carbons (Fsp3) is 0.200. The van der Waals surface area contributed by atoms with Crippen molar-refractivity contribution in [2.75, 3.05) is 10.6 Å². The van der Waals surface area contributed by atoms with Gasteiger partial charge < -0.3 is 20.4 Å². The molecule has 1 aromatic heterocycles. The first-order chi connectivity index (χ1) is 16.1. The average Bonchev–Trinajstić information content (AvgIpc) is 3.32. The number of carbonyl (C=O) groups excluding carboxylic acids is 1. The maximum absolute atomic E-state index is 14.5. The minimum atomic E-state index is -0.562. The summed E-state index contributed by atoms with van der Waals surface area (Å²) in [5, 5.41) is 5.72. The Balaban J connectivity index is 1.58. The lowest BCUT2D eigenvalue weighted by Crippen LogP contribution is -2.25. The Kier molecular flexibility index (Phi) is 5.20. The zero-order valence-corrected chi connectivity index (χ0v) is 19.4. The van der Waals surface area contributed by atoms with Crippen molar-refractivity contribution in [3.8, 4) is 5.75 Å². The number of hydrogen-bond acceptors (Lipinski definition) is 4. The number of aromatic amines is 1. The molecule has 9 heteroatoms. The number of carbonyl (C=O) groups is 1. The lowest BCUT2D eigenvalue weighted by molar-refractivity contribution is 0.101. The number of hydrogen-bond donors (Lipinski definition) is 3. The Morgan fingerprint density at radius 1 is 1.21 bits per heavy atom. The Morgan fingerprint density at radius 3 is 2.74 bits per heavy atom. The van der Waals surface area contributed by atoms with Gasteiger partial charge in [0.1, 0.15) is 23.0 Å². The summed E-state index contributed by atoms with van der Waals surface area (Å²) in [6.45, 7) is 5.45. The third-order valence-electron chi connectivity index (χ3n) is 5.70. The molecule has 0 spiro atoms. The molecule has 0 bridgehead atoms. The second-order valence-electron chi connectivity index (χ2n) is 8.86. The number of anilines is 3. The number of benzene rings is 3. The van der Waals surface area contributed by atoms with E-state index in [-0.39, 0.29) is 27.9 Å². The number of imidazole rings is 1. The molecule has 4 aromatic rings. The number of nitrogens with zero attached hydrogens (tertiary/aromatic N) is 1. The van der Waals surface area contributed by atoms with E-state index in [2.05, 4.69) is 20.6 Å². The maximum Gasteiger partial charge on any atom is 0.259 e. The molecule has 0 fully saturated rings. The molecule has 1 amide bonds. The first-order valence-corrected chi connectivity index (χ1v) is 11.0. The minimum absolute atomic E-state index is 0.0784. The molecule has 0 saturated heterocycles. The van der Waals surface area contributed by atoms with Crippen LogP contribution in [0, 0.1) is 18.6 Å². The molecule has 1 aliphatic heterocycles. The van der Waals surface area contributed by atoms with Crippen molar-refractivity contribution in [1.82, 2.24) is 9.97 Å². The van der Waals surface area contributed by atoms with Gasteiger partial charge in [-0.05, 0) is 50.6 Å². The van der Waals surface area contributed by atoms with E-state index < -0.39 is 23.1 Å². The lowest BCUT2D eigenvalue weighted by Gasteiger charge is -2.18. The van der Waals surface area contributed by atoms with Gasteiger partial charge in [-0.3, -0.25) is 4.79 Å². The Morgan fingerprint density at radius 2 is 1.97 bits per heavy atom. The molecule has 3 N–H and O–H groups in total. The standard InChI is InChI=1S/C25H21ClF2N4O2/c1-12-6-4-9-17(19(12)28)29-23(33)13-10-18-20(14-11-25(2,3)34-22(13)14)31-24(30-18)32-21-15(26)7-5-8-16(21)27/h4-10H,11H2,1-3H3,(H,29,33)(H2,30,31,32). The van der Waals surface area contributed by atoms with Crippen LogP contribution in [0.2, 0.25) is 5.02 Å². The van der Waals surface area contributed by atoms with E-state index >= 15 is 0 Å². The monoisotopic (exact) mass is 482 g/mol. The summed E-state index contributed by atoms with van der Waals surface area (Å²) in [6, 6.07) is 10.7. The van der Waals surface area contributed by atoms with Gasteiger partial charge in [-0.15, -0.1) is 0 Å². The predicted molar refractivity (Wildman–Crippen MR) is 128 cm³/mol.